The van der Waals surface area contributed by atoms with Crippen LogP contribution in [0.25, 0.3) is 0 Å². The van der Waals surface area contributed by atoms with E-state index in [9.17, 15) is 4.79 Å². The van der Waals surface area contributed by atoms with Crippen molar-refractivity contribution < 1.29 is 19.0 Å². The summed E-state index contributed by atoms with van der Waals surface area (Å²) in [6.45, 7) is 1.28. The Bertz CT molecular complexity index is 330. The zero-order chi connectivity index (χ0) is 11.2. The van der Waals surface area contributed by atoms with E-state index in [2.05, 4.69) is 0 Å². The van der Waals surface area contributed by atoms with Crippen molar-refractivity contribution in [3.63, 3.8) is 0 Å². The van der Waals surface area contributed by atoms with Crippen LogP contribution < -0.4 is 4.74 Å². The highest BCUT2D eigenvalue weighted by molar-refractivity contribution is 5.63. The van der Waals surface area contributed by atoms with Crippen molar-refractivity contribution in [2.75, 3.05) is 13.2 Å². The van der Waals surface area contributed by atoms with Gasteiger partial charge in [0.05, 0.1) is 13.2 Å². The third-order valence-electron chi connectivity index (χ3n) is 2.38. The van der Waals surface area contributed by atoms with Crippen LogP contribution in [0, 0.1) is 0 Å². The van der Waals surface area contributed by atoms with E-state index >= 15 is 0 Å². The summed E-state index contributed by atoms with van der Waals surface area (Å²) in [4.78, 5) is 11.4. The number of benzene rings is 1. The molecule has 1 fully saturated rings. The smallest absolute Gasteiger partial charge is 0.430 e. The Kier molecular flexibility index (Phi) is 3.77. The van der Waals surface area contributed by atoms with E-state index in [1.54, 1.807) is 24.3 Å². The maximum Gasteiger partial charge on any atom is 0.514 e. The fourth-order valence-electron chi connectivity index (χ4n) is 1.54. The predicted molar refractivity (Wildman–Crippen MR) is 57.4 cm³/mol. The van der Waals surface area contributed by atoms with E-state index in [-0.39, 0.29) is 6.10 Å². The molecule has 0 spiro atoms. The fraction of sp³-hybridized carbons (Fsp3) is 0.417. The monoisotopic (exact) mass is 222 g/mol. The molecule has 0 atom stereocenters. The topological polar surface area (TPSA) is 44.8 Å². The van der Waals surface area contributed by atoms with Gasteiger partial charge in [-0.1, -0.05) is 18.2 Å². The first-order valence-corrected chi connectivity index (χ1v) is 5.36. The minimum absolute atomic E-state index is 0.0787. The lowest BCUT2D eigenvalue weighted by atomic mass is 10.2. The molecule has 0 saturated carbocycles. The van der Waals surface area contributed by atoms with Crippen LogP contribution in [0.4, 0.5) is 4.79 Å². The molecule has 0 aromatic heterocycles. The molecule has 2 rings (SSSR count). The normalized spacial score (nSPS) is 16.8. The molecule has 0 N–H and O–H groups in total. The van der Waals surface area contributed by atoms with Crippen LogP contribution in [0.5, 0.6) is 5.75 Å². The lowest BCUT2D eigenvalue weighted by Crippen LogP contribution is -2.27. The summed E-state index contributed by atoms with van der Waals surface area (Å²) in [6, 6.07) is 8.89. The molecule has 4 nitrogen and oxygen atoms in total. The molecule has 0 bridgehead atoms. The number of hydrogen-bond donors (Lipinski definition) is 0. The SMILES string of the molecule is O=C(Oc1ccccc1)OC1CCOCC1. The summed E-state index contributed by atoms with van der Waals surface area (Å²) in [7, 11) is 0. The first kappa shape index (κ1) is 11.0. The Morgan fingerprint density at radius 2 is 1.88 bits per heavy atom. The summed E-state index contributed by atoms with van der Waals surface area (Å²) in [6.07, 6.45) is 0.761. The summed E-state index contributed by atoms with van der Waals surface area (Å²) in [5, 5.41) is 0. The van der Waals surface area contributed by atoms with E-state index in [0.717, 1.165) is 12.8 Å². The zero-order valence-corrected chi connectivity index (χ0v) is 8.93. The first-order valence-electron chi connectivity index (χ1n) is 5.36. The molecule has 1 heterocycles. The van der Waals surface area contributed by atoms with Gasteiger partial charge < -0.3 is 14.2 Å². The molecule has 0 radical (unpaired) electrons. The molecule has 0 amide bonds. The Morgan fingerprint density at radius 3 is 2.56 bits per heavy atom. The van der Waals surface area contributed by atoms with Crippen molar-refractivity contribution in [1.29, 1.82) is 0 Å². The van der Waals surface area contributed by atoms with Gasteiger partial charge in [-0.2, -0.15) is 0 Å². The molecular formula is C12H14O4. The van der Waals surface area contributed by atoms with Crippen molar-refractivity contribution in [1.82, 2.24) is 0 Å². The fourth-order valence-corrected chi connectivity index (χ4v) is 1.54. The third kappa shape index (κ3) is 3.24. The van der Waals surface area contributed by atoms with Crippen molar-refractivity contribution in [2.24, 2.45) is 0 Å². The number of carbonyl (C=O) groups excluding carboxylic acids is 1. The van der Waals surface area contributed by atoms with E-state index in [1.165, 1.54) is 0 Å². The van der Waals surface area contributed by atoms with Gasteiger partial charge in [0, 0.05) is 12.8 Å². The Balaban J connectivity index is 1.80. The zero-order valence-electron chi connectivity index (χ0n) is 8.93. The number of hydrogen-bond acceptors (Lipinski definition) is 4. The molecular weight excluding hydrogens is 208 g/mol. The van der Waals surface area contributed by atoms with Crippen molar-refractivity contribution in [2.45, 2.75) is 18.9 Å². The van der Waals surface area contributed by atoms with Crippen LogP contribution >= 0.6 is 0 Å². The Hall–Kier alpha value is -1.55. The van der Waals surface area contributed by atoms with Gasteiger partial charge >= 0.3 is 6.16 Å². The van der Waals surface area contributed by atoms with Gasteiger partial charge in [0.1, 0.15) is 11.9 Å². The minimum atomic E-state index is -0.641. The van der Waals surface area contributed by atoms with Crippen LogP contribution in [0.15, 0.2) is 30.3 Å². The van der Waals surface area contributed by atoms with Gasteiger partial charge in [-0.3, -0.25) is 0 Å². The molecule has 1 aromatic carbocycles. The second-order valence-electron chi connectivity index (χ2n) is 3.59. The van der Waals surface area contributed by atoms with Crippen molar-refractivity contribution in [3.05, 3.63) is 30.3 Å². The third-order valence-corrected chi connectivity index (χ3v) is 2.38. The molecule has 0 aliphatic carbocycles. The largest absolute Gasteiger partial charge is 0.514 e. The molecule has 4 heteroatoms. The van der Waals surface area contributed by atoms with Gasteiger partial charge in [-0.05, 0) is 12.1 Å². The number of rotatable bonds is 2. The van der Waals surface area contributed by atoms with Gasteiger partial charge in [0.25, 0.3) is 0 Å². The maximum absolute atomic E-state index is 11.4. The van der Waals surface area contributed by atoms with E-state index in [4.69, 9.17) is 14.2 Å². The standard InChI is InChI=1S/C12H14O4/c13-12(15-10-4-2-1-3-5-10)16-11-6-8-14-9-7-11/h1-5,11H,6-9H2. The van der Waals surface area contributed by atoms with Crippen LogP contribution in [0.2, 0.25) is 0 Å². The Morgan fingerprint density at radius 1 is 1.19 bits per heavy atom. The predicted octanol–water partition coefficient (Wildman–Crippen LogP) is 2.38. The van der Waals surface area contributed by atoms with Gasteiger partial charge in [0.15, 0.2) is 0 Å². The highest BCUT2D eigenvalue weighted by Crippen LogP contribution is 2.14. The average molecular weight is 222 g/mol. The quantitative estimate of drug-likeness (QED) is 0.569. The van der Waals surface area contributed by atoms with Gasteiger partial charge in [-0.15, -0.1) is 0 Å². The summed E-state index contributed by atoms with van der Waals surface area (Å²) < 4.78 is 15.3. The van der Waals surface area contributed by atoms with E-state index in [0.29, 0.717) is 19.0 Å². The van der Waals surface area contributed by atoms with Crippen LogP contribution in [-0.4, -0.2) is 25.5 Å². The molecule has 1 aromatic rings. The Labute approximate surface area is 94.1 Å². The second kappa shape index (κ2) is 5.51. The summed E-state index contributed by atoms with van der Waals surface area (Å²) in [5.41, 5.74) is 0. The van der Waals surface area contributed by atoms with Crippen LogP contribution in [0.3, 0.4) is 0 Å². The second-order valence-corrected chi connectivity index (χ2v) is 3.59. The number of ether oxygens (including phenoxy) is 3. The maximum atomic E-state index is 11.4. The van der Waals surface area contributed by atoms with Gasteiger partial charge in [-0.25, -0.2) is 4.79 Å². The lowest BCUT2D eigenvalue weighted by molar-refractivity contribution is -0.0128. The highest BCUT2D eigenvalue weighted by atomic mass is 16.7. The number of para-hydroxylation sites is 1. The molecule has 1 saturated heterocycles. The molecule has 1 aliphatic rings. The average Bonchev–Trinajstić information content (AvgIpc) is 2.31. The molecule has 16 heavy (non-hydrogen) atoms. The molecule has 1 aliphatic heterocycles. The van der Waals surface area contributed by atoms with Crippen LogP contribution in [-0.2, 0) is 9.47 Å². The van der Waals surface area contributed by atoms with Crippen molar-refractivity contribution >= 4 is 6.16 Å². The van der Waals surface area contributed by atoms with E-state index in [1.807, 2.05) is 6.07 Å². The first-order chi connectivity index (χ1) is 7.84. The molecule has 86 valence electrons. The minimum Gasteiger partial charge on any atom is -0.430 e. The lowest BCUT2D eigenvalue weighted by Gasteiger charge is -2.21. The summed E-state index contributed by atoms with van der Waals surface area (Å²) in [5.74, 6) is 0.500. The van der Waals surface area contributed by atoms with Crippen LogP contribution in [0.1, 0.15) is 12.8 Å². The number of carbonyl (C=O) groups is 1. The van der Waals surface area contributed by atoms with E-state index < -0.39 is 6.16 Å². The highest BCUT2D eigenvalue weighted by Gasteiger charge is 2.19. The van der Waals surface area contributed by atoms with Gasteiger partial charge in [0.2, 0.25) is 0 Å². The molecule has 0 unspecified atom stereocenters. The summed E-state index contributed by atoms with van der Waals surface area (Å²) >= 11 is 0. The van der Waals surface area contributed by atoms with Crippen molar-refractivity contribution in [3.8, 4) is 5.75 Å².